The Kier molecular flexibility index (Phi) is 5.39. The highest BCUT2D eigenvalue weighted by Gasteiger charge is 2.20. The van der Waals surface area contributed by atoms with Crippen molar-refractivity contribution in [3.05, 3.63) is 64.2 Å². The zero-order valence-corrected chi connectivity index (χ0v) is 15.7. The molecule has 3 rings (SSSR count). The van der Waals surface area contributed by atoms with Gasteiger partial charge in [-0.3, -0.25) is 9.69 Å². The maximum Gasteiger partial charge on any atom is 0.160 e. The van der Waals surface area contributed by atoms with Crippen LogP contribution in [0.25, 0.3) is 0 Å². The van der Waals surface area contributed by atoms with Crippen molar-refractivity contribution in [1.82, 2.24) is 4.90 Å². The molecule has 0 saturated carbocycles. The number of ketones is 1. The number of hydrogen-bond donors (Lipinski definition) is 0. The fourth-order valence-electron chi connectivity index (χ4n) is 3.68. The number of nitrogens with zero attached hydrogens (tertiary/aromatic N) is 3. The molecule has 1 fully saturated rings. The number of nitriles is 1. The third kappa shape index (κ3) is 3.79. The maximum atomic E-state index is 11.8. The molecule has 0 bridgehead atoms. The molecule has 1 heterocycles. The number of carbonyl (C=O) groups is 1. The summed E-state index contributed by atoms with van der Waals surface area (Å²) in [6.45, 7) is 10.3. The fraction of sp³-hybridized carbons (Fsp3) is 0.364. The van der Waals surface area contributed by atoms with Crippen LogP contribution in [-0.4, -0.2) is 36.9 Å². The standard InChI is InChI=1S/C22H25N3O/c1-16-12-17(2)21(18(3)26)13-20(16)15-24-8-10-25(11-9-24)22-7-5-4-6-19(22)14-23/h4-7,12-13H,8-11,15H2,1-3H3. The molecule has 0 unspecified atom stereocenters. The van der Waals surface area contributed by atoms with Crippen LogP contribution in [0.3, 0.4) is 0 Å². The van der Waals surface area contributed by atoms with Crippen molar-refractivity contribution < 1.29 is 4.79 Å². The molecule has 2 aromatic rings. The van der Waals surface area contributed by atoms with Gasteiger partial charge in [0, 0.05) is 38.3 Å². The van der Waals surface area contributed by atoms with Crippen molar-refractivity contribution in [1.29, 1.82) is 5.26 Å². The van der Waals surface area contributed by atoms with Crippen LogP contribution in [0.4, 0.5) is 5.69 Å². The second-order valence-electron chi connectivity index (χ2n) is 7.04. The van der Waals surface area contributed by atoms with Crippen molar-refractivity contribution in [2.75, 3.05) is 31.1 Å². The molecule has 0 N–H and O–H groups in total. The molecule has 0 aromatic heterocycles. The molecule has 1 saturated heterocycles. The third-order valence-electron chi connectivity index (χ3n) is 5.19. The molecule has 1 aliphatic heterocycles. The Hall–Kier alpha value is -2.64. The second kappa shape index (κ2) is 7.72. The van der Waals surface area contributed by atoms with Crippen molar-refractivity contribution in [2.45, 2.75) is 27.3 Å². The zero-order chi connectivity index (χ0) is 18.7. The SMILES string of the molecule is CC(=O)c1cc(CN2CCN(c3ccccc3C#N)CC2)c(C)cc1C. The van der Waals surface area contributed by atoms with Gasteiger partial charge < -0.3 is 4.90 Å². The number of para-hydroxylation sites is 1. The first-order valence-corrected chi connectivity index (χ1v) is 9.07. The first-order chi connectivity index (χ1) is 12.5. The quantitative estimate of drug-likeness (QED) is 0.791. The molecule has 0 spiro atoms. The van der Waals surface area contributed by atoms with E-state index in [1.165, 1.54) is 11.1 Å². The van der Waals surface area contributed by atoms with Gasteiger partial charge in [0.25, 0.3) is 0 Å². The van der Waals surface area contributed by atoms with Gasteiger partial charge in [-0.05, 0) is 55.7 Å². The summed E-state index contributed by atoms with van der Waals surface area (Å²) in [5.41, 5.74) is 6.11. The lowest BCUT2D eigenvalue weighted by molar-refractivity contribution is 0.101. The third-order valence-corrected chi connectivity index (χ3v) is 5.19. The van der Waals surface area contributed by atoms with Gasteiger partial charge in [-0.25, -0.2) is 0 Å². The largest absolute Gasteiger partial charge is 0.368 e. The molecule has 0 radical (unpaired) electrons. The van der Waals surface area contributed by atoms with Gasteiger partial charge in [-0.1, -0.05) is 18.2 Å². The van der Waals surface area contributed by atoms with E-state index in [1.807, 2.05) is 31.2 Å². The highest BCUT2D eigenvalue weighted by Crippen LogP contribution is 2.23. The number of aryl methyl sites for hydroxylation is 2. The van der Waals surface area contributed by atoms with Crippen molar-refractivity contribution >= 4 is 11.5 Å². The molecule has 134 valence electrons. The van der Waals surface area contributed by atoms with Crippen LogP contribution in [0.15, 0.2) is 36.4 Å². The second-order valence-corrected chi connectivity index (χ2v) is 7.04. The van der Waals surface area contributed by atoms with E-state index in [0.717, 1.165) is 55.1 Å². The Morgan fingerprint density at radius 2 is 1.77 bits per heavy atom. The Morgan fingerprint density at radius 3 is 2.42 bits per heavy atom. The van der Waals surface area contributed by atoms with Crippen LogP contribution < -0.4 is 4.90 Å². The Labute approximate surface area is 155 Å². The lowest BCUT2D eigenvalue weighted by Crippen LogP contribution is -2.46. The first kappa shape index (κ1) is 18.2. The van der Waals surface area contributed by atoms with E-state index in [4.69, 9.17) is 0 Å². The smallest absolute Gasteiger partial charge is 0.160 e. The van der Waals surface area contributed by atoms with Gasteiger partial charge in [0.1, 0.15) is 6.07 Å². The summed E-state index contributed by atoms with van der Waals surface area (Å²) < 4.78 is 0. The summed E-state index contributed by atoms with van der Waals surface area (Å²) in [5.74, 6) is 0.127. The Balaban J connectivity index is 1.69. The number of rotatable bonds is 4. The van der Waals surface area contributed by atoms with Gasteiger partial charge >= 0.3 is 0 Å². The topological polar surface area (TPSA) is 47.3 Å². The molecule has 4 nitrogen and oxygen atoms in total. The Morgan fingerprint density at radius 1 is 1.08 bits per heavy atom. The summed E-state index contributed by atoms with van der Waals surface area (Å²) in [6.07, 6.45) is 0. The minimum atomic E-state index is 0.127. The first-order valence-electron chi connectivity index (χ1n) is 9.07. The van der Waals surface area contributed by atoms with E-state index < -0.39 is 0 Å². The molecular formula is C22H25N3O. The lowest BCUT2D eigenvalue weighted by Gasteiger charge is -2.36. The number of piperazine rings is 1. The fourth-order valence-corrected chi connectivity index (χ4v) is 3.68. The lowest BCUT2D eigenvalue weighted by atomic mass is 9.97. The minimum Gasteiger partial charge on any atom is -0.368 e. The molecule has 26 heavy (non-hydrogen) atoms. The predicted molar refractivity (Wildman–Crippen MR) is 105 cm³/mol. The highest BCUT2D eigenvalue weighted by molar-refractivity contribution is 5.95. The number of hydrogen-bond acceptors (Lipinski definition) is 4. The minimum absolute atomic E-state index is 0.127. The molecule has 1 aliphatic rings. The molecule has 0 amide bonds. The van der Waals surface area contributed by atoms with Gasteiger partial charge in [0.2, 0.25) is 0 Å². The summed E-state index contributed by atoms with van der Waals surface area (Å²) in [4.78, 5) is 16.5. The normalized spacial score (nSPS) is 14.9. The van der Waals surface area contributed by atoms with E-state index in [2.05, 4.69) is 34.9 Å². The van der Waals surface area contributed by atoms with Crippen molar-refractivity contribution in [3.63, 3.8) is 0 Å². The Bertz CT molecular complexity index is 858. The maximum absolute atomic E-state index is 11.8. The van der Waals surface area contributed by atoms with Crippen molar-refractivity contribution in [3.8, 4) is 6.07 Å². The summed E-state index contributed by atoms with van der Waals surface area (Å²) in [5, 5.41) is 9.31. The molecule has 0 aliphatic carbocycles. The predicted octanol–water partition coefficient (Wildman–Crippen LogP) is 3.70. The van der Waals surface area contributed by atoms with Crippen LogP contribution in [0.2, 0.25) is 0 Å². The van der Waals surface area contributed by atoms with Crippen LogP contribution in [0, 0.1) is 25.2 Å². The van der Waals surface area contributed by atoms with E-state index >= 15 is 0 Å². The highest BCUT2D eigenvalue weighted by atomic mass is 16.1. The van der Waals surface area contributed by atoms with Gasteiger partial charge in [0.15, 0.2) is 5.78 Å². The number of Topliss-reactive ketones (excluding diaryl/α,β-unsaturated/α-hetero) is 1. The molecule has 2 aromatic carbocycles. The van der Waals surface area contributed by atoms with Crippen LogP contribution >= 0.6 is 0 Å². The average Bonchev–Trinajstić information content (AvgIpc) is 2.64. The monoisotopic (exact) mass is 347 g/mol. The summed E-state index contributed by atoms with van der Waals surface area (Å²) >= 11 is 0. The molecule has 0 atom stereocenters. The average molecular weight is 347 g/mol. The number of benzene rings is 2. The summed E-state index contributed by atoms with van der Waals surface area (Å²) in [6, 6.07) is 14.3. The zero-order valence-electron chi connectivity index (χ0n) is 15.7. The van der Waals surface area contributed by atoms with E-state index in [9.17, 15) is 10.1 Å². The van der Waals surface area contributed by atoms with E-state index in [-0.39, 0.29) is 5.78 Å². The van der Waals surface area contributed by atoms with E-state index in [1.54, 1.807) is 6.92 Å². The van der Waals surface area contributed by atoms with Crippen LogP contribution in [-0.2, 0) is 6.54 Å². The number of carbonyl (C=O) groups excluding carboxylic acids is 1. The van der Waals surface area contributed by atoms with Crippen LogP contribution in [0.1, 0.15) is 39.5 Å². The molecular weight excluding hydrogens is 322 g/mol. The number of anilines is 1. The van der Waals surface area contributed by atoms with Crippen LogP contribution in [0.5, 0.6) is 0 Å². The van der Waals surface area contributed by atoms with Gasteiger partial charge in [-0.15, -0.1) is 0 Å². The van der Waals surface area contributed by atoms with Gasteiger partial charge in [-0.2, -0.15) is 5.26 Å². The molecule has 4 heteroatoms. The summed E-state index contributed by atoms with van der Waals surface area (Å²) in [7, 11) is 0. The van der Waals surface area contributed by atoms with Gasteiger partial charge in [0.05, 0.1) is 11.3 Å². The van der Waals surface area contributed by atoms with Crippen molar-refractivity contribution in [2.24, 2.45) is 0 Å². The van der Waals surface area contributed by atoms with E-state index in [0.29, 0.717) is 0 Å².